The molecule has 1 aliphatic rings. The second kappa shape index (κ2) is 10.6. The molecule has 3 aromatic rings. The standard InChI is InChI=1S/C26H26N2O4S/c1-2-32-16-8-15-27-25(29)20-13-14-24-22(17-20)28(18-19-9-4-3-5-10-19)26(30)21-11-6-7-12-23(21)33(24)31/h3-7,9-14,17H,2,8,15-16,18H2,1H3,(H,27,29). The maximum Gasteiger partial charge on any atom is 0.259 e. The van der Waals surface area contributed by atoms with E-state index >= 15 is 0 Å². The molecule has 7 heteroatoms. The van der Waals surface area contributed by atoms with E-state index in [-0.39, 0.29) is 11.8 Å². The molecule has 1 unspecified atom stereocenters. The van der Waals surface area contributed by atoms with Crippen molar-refractivity contribution < 1.29 is 18.5 Å². The van der Waals surface area contributed by atoms with Gasteiger partial charge in [0.15, 0.2) is 0 Å². The number of carbonyl (C=O) groups is 2. The normalized spacial score (nSPS) is 14.9. The first-order valence-corrected chi connectivity index (χ1v) is 12.1. The lowest BCUT2D eigenvalue weighted by Gasteiger charge is -2.23. The third-order valence-corrected chi connectivity index (χ3v) is 6.91. The summed E-state index contributed by atoms with van der Waals surface area (Å²) >= 11 is 0. The Morgan fingerprint density at radius 2 is 1.76 bits per heavy atom. The van der Waals surface area contributed by atoms with E-state index < -0.39 is 10.8 Å². The molecule has 0 fully saturated rings. The molecule has 3 aromatic carbocycles. The molecule has 170 valence electrons. The number of hydrogen-bond acceptors (Lipinski definition) is 4. The number of nitrogens with zero attached hydrogens (tertiary/aromatic N) is 1. The highest BCUT2D eigenvalue weighted by atomic mass is 32.2. The van der Waals surface area contributed by atoms with Crippen molar-refractivity contribution in [3.63, 3.8) is 0 Å². The molecule has 2 amide bonds. The van der Waals surface area contributed by atoms with E-state index in [2.05, 4.69) is 5.32 Å². The van der Waals surface area contributed by atoms with E-state index in [4.69, 9.17) is 4.74 Å². The predicted octanol–water partition coefficient (Wildman–Crippen LogP) is 4.17. The van der Waals surface area contributed by atoms with Gasteiger partial charge in [-0.1, -0.05) is 42.5 Å². The molecule has 0 spiro atoms. The van der Waals surface area contributed by atoms with Gasteiger partial charge < -0.3 is 15.0 Å². The zero-order chi connectivity index (χ0) is 23.2. The minimum atomic E-state index is -1.55. The smallest absolute Gasteiger partial charge is 0.259 e. The highest BCUT2D eigenvalue weighted by Crippen LogP contribution is 2.36. The van der Waals surface area contributed by atoms with Gasteiger partial charge in [-0.3, -0.25) is 9.59 Å². The van der Waals surface area contributed by atoms with Crippen molar-refractivity contribution in [2.24, 2.45) is 0 Å². The number of benzene rings is 3. The van der Waals surface area contributed by atoms with Crippen LogP contribution < -0.4 is 10.2 Å². The average molecular weight is 463 g/mol. The first-order valence-electron chi connectivity index (χ1n) is 11.0. The lowest BCUT2D eigenvalue weighted by molar-refractivity contribution is 0.0941. The fraction of sp³-hybridized carbons (Fsp3) is 0.231. The number of carbonyl (C=O) groups excluding carboxylic acids is 2. The number of ether oxygens (including phenoxy) is 1. The van der Waals surface area contributed by atoms with Crippen LogP contribution in [0.25, 0.3) is 0 Å². The van der Waals surface area contributed by atoms with Crippen LogP contribution >= 0.6 is 0 Å². The molecule has 0 aromatic heterocycles. The van der Waals surface area contributed by atoms with Gasteiger partial charge in [0.1, 0.15) is 0 Å². The molecular formula is C26H26N2O4S. The van der Waals surface area contributed by atoms with Crippen molar-refractivity contribution >= 4 is 28.3 Å². The predicted molar refractivity (Wildman–Crippen MR) is 128 cm³/mol. The van der Waals surface area contributed by atoms with Gasteiger partial charge in [0.05, 0.1) is 38.4 Å². The van der Waals surface area contributed by atoms with Crippen molar-refractivity contribution in [1.82, 2.24) is 5.32 Å². The van der Waals surface area contributed by atoms with Crippen LogP contribution in [0.5, 0.6) is 0 Å². The van der Waals surface area contributed by atoms with Gasteiger partial charge in [0.25, 0.3) is 11.8 Å². The molecule has 1 heterocycles. The maximum absolute atomic E-state index is 13.6. The molecule has 33 heavy (non-hydrogen) atoms. The quantitative estimate of drug-likeness (QED) is 0.510. The lowest BCUT2D eigenvalue weighted by atomic mass is 10.1. The molecule has 1 aliphatic heterocycles. The lowest BCUT2D eigenvalue weighted by Crippen LogP contribution is -2.31. The molecule has 0 bridgehead atoms. The summed E-state index contributed by atoms with van der Waals surface area (Å²) in [5.41, 5.74) is 2.25. The first kappa shape index (κ1) is 22.9. The van der Waals surface area contributed by atoms with Gasteiger partial charge in [-0.25, -0.2) is 4.21 Å². The van der Waals surface area contributed by atoms with Crippen LogP contribution in [0, 0.1) is 0 Å². The Kier molecular flexibility index (Phi) is 7.32. The molecule has 0 aliphatic carbocycles. The van der Waals surface area contributed by atoms with Crippen LogP contribution in [-0.2, 0) is 22.1 Å². The summed E-state index contributed by atoms with van der Waals surface area (Å²) in [6, 6.07) is 21.6. The summed E-state index contributed by atoms with van der Waals surface area (Å²) in [5, 5.41) is 2.89. The fourth-order valence-corrected chi connectivity index (χ4v) is 5.09. The minimum Gasteiger partial charge on any atom is -0.382 e. The third-order valence-electron chi connectivity index (χ3n) is 5.41. The van der Waals surface area contributed by atoms with E-state index in [1.165, 1.54) is 0 Å². The minimum absolute atomic E-state index is 0.240. The van der Waals surface area contributed by atoms with Gasteiger partial charge in [-0.15, -0.1) is 0 Å². The topological polar surface area (TPSA) is 75.7 Å². The second-order valence-electron chi connectivity index (χ2n) is 7.63. The second-order valence-corrected chi connectivity index (χ2v) is 9.05. The number of rotatable bonds is 8. The van der Waals surface area contributed by atoms with Crippen molar-refractivity contribution in [3.05, 3.63) is 89.5 Å². The Hall–Kier alpha value is -3.29. The highest BCUT2D eigenvalue weighted by Gasteiger charge is 2.31. The summed E-state index contributed by atoms with van der Waals surface area (Å²) in [4.78, 5) is 28.9. The molecule has 6 nitrogen and oxygen atoms in total. The zero-order valence-electron chi connectivity index (χ0n) is 18.5. The van der Waals surface area contributed by atoms with E-state index in [0.29, 0.717) is 59.3 Å². The van der Waals surface area contributed by atoms with Crippen LogP contribution in [0.4, 0.5) is 5.69 Å². The Balaban J connectivity index is 1.70. The summed E-state index contributed by atoms with van der Waals surface area (Å²) in [6.45, 7) is 3.94. The summed E-state index contributed by atoms with van der Waals surface area (Å²) in [6.07, 6.45) is 0.711. The van der Waals surface area contributed by atoms with Crippen LogP contribution in [0.2, 0.25) is 0 Å². The molecule has 1 atom stereocenters. The summed E-state index contributed by atoms with van der Waals surface area (Å²) < 4.78 is 18.7. The molecule has 4 rings (SSSR count). The zero-order valence-corrected chi connectivity index (χ0v) is 19.3. The van der Waals surface area contributed by atoms with Gasteiger partial charge in [-0.05, 0) is 49.2 Å². The largest absolute Gasteiger partial charge is 0.382 e. The Morgan fingerprint density at radius 3 is 2.55 bits per heavy atom. The molecular weight excluding hydrogens is 436 g/mol. The summed E-state index contributed by atoms with van der Waals surface area (Å²) in [7, 11) is -1.55. The fourth-order valence-electron chi connectivity index (χ4n) is 3.75. The van der Waals surface area contributed by atoms with Gasteiger partial charge in [0.2, 0.25) is 0 Å². The molecule has 0 saturated carbocycles. The van der Waals surface area contributed by atoms with E-state index in [1.807, 2.05) is 37.3 Å². The van der Waals surface area contributed by atoms with Crippen LogP contribution in [0.1, 0.15) is 39.6 Å². The van der Waals surface area contributed by atoms with Gasteiger partial charge in [-0.2, -0.15) is 0 Å². The van der Waals surface area contributed by atoms with Crippen molar-refractivity contribution in [1.29, 1.82) is 0 Å². The molecule has 0 saturated heterocycles. The highest BCUT2D eigenvalue weighted by molar-refractivity contribution is 7.85. The van der Waals surface area contributed by atoms with Crippen molar-refractivity contribution in [2.45, 2.75) is 29.7 Å². The number of nitrogens with one attached hydrogen (secondary N) is 1. The molecule has 0 radical (unpaired) electrons. The van der Waals surface area contributed by atoms with E-state index in [0.717, 1.165) is 5.56 Å². The van der Waals surface area contributed by atoms with Gasteiger partial charge >= 0.3 is 0 Å². The SMILES string of the molecule is CCOCCCNC(=O)c1ccc2c(c1)N(Cc1ccccc1)C(=O)c1ccccc1S2=O. The Labute approximate surface area is 196 Å². The van der Waals surface area contributed by atoms with Crippen molar-refractivity contribution in [3.8, 4) is 0 Å². The van der Waals surface area contributed by atoms with Gasteiger partial charge in [0, 0.05) is 25.3 Å². The van der Waals surface area contributed by atoms with Crippen LogP contribution in [0.15, 0.2) is 82.6 Å². The third kappa shape index (κ3) is 5.05. The Bertz CT molecular complexity index is 1180. The van der Waals surface area contributed by atoms with E-state index in [9.17, 15) is 13.8 Å². The monoisotopic (exact) mass is 462 g/mol. The Morgan fingerprint density at radius 1 is 1.00 bits per heavy atom. The maximum atomic E-state index is 13.6. The number of anilines is 1. The molecule has 1 N–H and O–H groups in total. The van der Waals surface area contributed by atoms with E-state index in [1.54, 1.807) is 47.4 Å². The van der Waals surface area contributed by atoms with Crippen LogP contribution in [-0.4, -0.2) is 35.8 Å². The number of amides is 2. The van der Waals surface area contributed by atoms with Crippen molar-refractivity contribution in [2.75, 3.05) is 24.7 Å². The number of hydrogen-bond donors (Lipinski definition) is 1. The van der Waals surface area contributed by atoms with Crippen LogP contribution in [0.3, 0.4) is 0 Å². The average Bonchev–Trinajstić information content (AvgIpc) is 2.94. The number of fused-ring (bicyclic) bond motifs is 2. The summed E-state index contributed by atoms with van der Waals surface area (Å²) in [5.74, 6) is -0.482. The first-order chi connectivity index (χ1) is 16.1.